The Balaban J connectivity index is 1.79. The van der Waals surface area contributed by atoms with Crippen molar-refractivity contribution in [2.24, 2.45) is 5.92 Å². The third-order valence-corrected chi connectivity index (χ3v) is 4.46. The maximum absolute atomic E-state index is 12.9. The number of halogens is 6. The highest BCUT2D eigenvalue weighted by Gasteiger charge is 2.43. The first-order valence-corrected chi connectivity index (χ1v) is 8.19. The molecule has 1 aliphatic heterocycles. The zero-order chi connectivity index (χ0) is 19.8. The zero-order valence-corrected chi connectivity index (χ0v) is 13.9. The summed E-state index contributed by atoms with van der Waals surface area (Å²) in [6.07, 6.45) is -8.73. The van der Waals surface area contributed by atoms with Crippen molar-refractivity contribution < 1.29 is 35.6 Å². The largest absolute Gasteiger partial charge is 0.451 e. The molecule has 0 spiro atoms. The van der Waals surface area contributed by atoms with E-state index in [9.17, 15) is 31.1 Å². The Bertz CT molecular complexity index is 824. The summed E-state index contributed by atoms with van der Waals surface area (Å²) in [6, 6.07) is 6.98. The van der Waals surface area contributed by atoms with Crippen molar-refractivity contribution >= 4 is 5.91 Å². The summed E-state index contributed by atoms with van der Waals surface area (Å²) in [6.45, 7) is -0.285. The molecule has 0 bridgehead atoms. The molecule has 1 aliphatic rings. The van der Waals surface area contributed by atoms with Crippen molar-refractivity contribution in [3.05, 3.63) is 47.7 Å². The highest BCUT2D eigenvalue weighted by atomic mass is 19.4. The third-order valence-electron chi connectivity index (χ3n) is 4.46. The molecule has 1 aromatic heterocycles. The lowest BCUT2D eigenvalue weighted by atomic mass is 9.97. The van der Waals surface area contributed by atoms with Crippen LogP contribution in [0.15, 0.2) is 40.8 Å². The molecule has 0 radical (unpaired) electrons. The first kappa shape index (κ1) is 19.3. The maximum Gasteiger partial charge on any atom is 0.416 e. The minimum absolute atomic E-state index is 0.0360. The van der Waals surface area contributed by atoms with Crippen LogP contribution in [0.1, 0.15) is 29.0 Å². The lowest BCUT2D eigenvalue weighted by Crippen LogP contribution is -2.44. The molecule has 1 aromatic carbocycles. The molecule has 1 fully saturated rings. The second-order valence-electron chi connectivity index (χ2n) is 6.37. The van der Waals surface area contributed by atoms with Crippen LogP contribution in [0.25, 0.3) is 11.3 Å². The molecule has 1 saturated heterocycles. The van der Waals surface area contributed by atoms with Crippen LogP contribution in [0.2, 0.25) is 0 Å². The fourth-order valence-corrected chi connectivity index (χ4v) is 3.04. The Morgan fingerprint density at radius 2 is 1.81 bits per heavy atom. The van der Waals surface area contributed by atoms with Crippen LogP contribution in [0.4, 0.5) is 26.3 Å². The molecular formula is C18H15F6NO2. The Labute approximate surface area is 150 Å². The van der Waals surface area contributed by atoms with Crippen molar-refractivity contribution in [2.75, 3.05) is 13.1 Å². The van der Waals surface area contributed by atoms with E-state index >= 15 is 0 Å². The fourth-order valence-electron chi connectivity index (χ4n) is 3.04. The molecule has 1 amide bonds. The molecule has 146 valence electrons. The molecule has 1 atom stereocenters. The molecule has 3 nitrogen and oxygen atoms in total. The van der Waals surface area contributed by atoms with E-state index < -0.39 is 36.3 Å². The Morgan fingerprint density at radius 3 is 2.48 bits per heavy atom. The number of alkyl halides is 6. The number of rotatable bonds is 2. The first-order chi connectivity index (χ1) is 12.6. The van der Waals surface area contributed by atoms with E-state index in [1.165, 1.54) is 24.3 Å². The average molecular weight is 391 g/mol. The smallest absolute Gasteiger partial charge is 0.416 e. The van der Waals surface area contributed by atoms with Gasteiger partial charge in [0.2, 0.25) is 0 Å². The molecule has 2 aromatic rings. The van der Waals surface area contributed by atoms with E-state index in [1.54, 1.807) is 0 Å². The monoisotopic (exact) mass is 391 g/mol. The van der Waals surface area contributed by atoms with Crippen LogP contribution >= 0.6 is 0 Å². The molecule has 0 unspecified atom stereocenters. The van der Waals surface area contributed by atoms with E-state index in [4.69, 9.17) is 4.42 Å². The summed E-state index contributed by atoms with van der Waals surface area (Å²) in [5.74, 6) is -2.46. The zero-order valence-electron chi connectivity index (χ0n) is 13.9. The summed E-state index contributed by atoms with van der Waals surface area (Å²) in [4.78, 5) is 13.5. The Hall–Kier alpha value is -2.45. The van der Waals surface area contributed by atoms with Crippen LogP contribution in [0.3, 0.4) is 0 Å². The van der Waals surface area contributed by atoms with Crippen molar-refractivity contribution in [1.29, 1.82) is 0 Å². The highest BCUT2D eigenvalue weighted by Crippen LogP contribution is 2.35. The predicted molar refractivity (Wildman–Crippen MR) is 83.8 cm³/mol. The van der Waals surface area contributed by atoms with Crippen LogP contribution in [0.5, 0.6) is 0 Å². The van der Waals surface area contributed by atoms with Gasteiger partial charge < -0.3 is 9.32 Å². The van der Waals surface area contributed by atoms with Gasteiger partial charge in [-0.3, -0.25) is 4.79 Å². The van der Waals surface area contributed by atoms with Crippen LogP contribution in [0, 0.1) is 5.92 Å². The maximum atomic E-state index is 12.9. The van der Waals surface area contributed by atoms with Gasteiger partial charge in [-0.25, -0.2) is 0 Å². The molecule has 9 heteroatoms. The molecule has 0 N–H and O–H groups in total. The number of nitrogens with zero attached hydrogens (tertiary/aromatic N) is 1. The predicted octanol–water partition coefficient (Wildman–Crippen LogP) is 5.38. The van der Waals surface area contributed by atoms with Gasteiger partial charge in [-0.15, -0.1) is 0 Å². The number of likely N-dealkylation sites (tertiary alicyclic amines) is 1. The van der Waals surface area contributed by atoms with Gasteiger partial charge in [0.05, 0.1) is 11.5 Å². The van der Waals surface area contributed by atoms with E-state index in [0.717, 1.165) is 17.0 Å². The normalized spacial score (nSPS) is 18.6. The van der Waals surface area contributed by atoms with Crippen molar-refractivity contribution in [2.45, 2.75) is 25.2 Å². The van der Waals surface area contributed by atoms with E-state index in [0.29, 0.717) is 0 Å². The fraction of sp³-hybridized carbons (Fsp3) is 0.389. The molecular weight excluding hydrogens is 376 g/mol. The van der Waals surface area contributed by atoms with Crippen LogP contribution in [-0.2, 0) is 6.18 Å². The number of furan rings is 1. The second-order valence-corrected chi connectivity index (χ2v) is 6.37. The minimum Gasteiger partial charge on any atom is -0.451 e. The van der Waals surface area contributed by atoms with Gasteiger partial charge in [-0.1, -0.05) is 12.1 Å². The van der Waals surface area contributed by atoms with Gasteiger partial charge in [0.15, 0.2) is 5.76 Å². The van der Waals surface area contributed by atoms with Crippen LogP contribution in [-0.4, -0.2) is 30.1 Å². The molecule has 2 heterocycles. The van der Waals surface area contributed by atoms with Gasteiger partial charge in [0.1, 0.15) is 5.76 Å². The molecule has 3 rings (SSSR count). The highest BCUT2D eigenvalue weighted by molar-refractivity contribution is 5.92. The number of carbonyl (C=O) groups excluding carboxylic acids is 1. The third kappa shape index (κ3) is 4.28. The van der Waals surface area contributed by atoms with E-state index in [1.807, 2.05) is 0 Å². The van der Waals surface area contributed by atoms with Crippen molar-refractivity contribution in [3.8, 4) is 11.3 Å². The number of hydrogen-bond acceptors (Lipinski definition) is 2. The summed E-state index contributed by atoms with van der Waals surface area (Å²) < 4.78 is 82.4. The second kappa shape index (κ2) is 6.94. The minimum atomic E-state index is -4.53. The summed E-state index contributed by atoms with van der Waals surface area (Å²) in [5.41, 5.74) is -0.746. The first-order valence-electron chi connectivity index (χ1n) is 8.19. The number of hydrogen-bond donors (Lipinski definition) is 0. The van der Waals surface area contributed by atoms with Gasteiger partial charge in [-0.05, 0) is 37.1 Å². The van der Waals surface area contributed by atoms with Gasteiger partial charge in [0, 0.05) is 18.7 Å². The SMILES string of the molecule is O=C(c1ccc(-c2cccc(C(F)(F)F)c2)o1)N1CCC[C@H](C(F)(F)F)C1. The van der Waals surface area contributed by atoms with Gasteiger partial charge in [0.25, 0.3) is 5.91 Å². The van der Waals surface area contributed by atoms with Gasteiger partial charge in [-0.2, -0.15) is 26.3 Å². The molecule has 27 heavy (non-hydrogen) atoms. The lowest BCUT2D eigenvalue weighted by molar-refractivity contribution is -0.184. The Morgan fingerprint density at radius 1 is 1.07 bits per heavy atom. The summed E-state index contributed by atoms with van der Waals surface area (Å²) in [5, 5.41) is 0. The standard InChI is InChI=1S/C18H15F6NO2/c19-17(20,21)12-4-1-3-11(9-12)14-6-7-15(27-14)16(26)25-8-2-5-13(10-25)18(22,23)24/h1,3-4,6-7,9,13H,2,5,8,10H2/t13-/m0/s1. The van der Waals surface area contributed by atoms with E-state index in [-0.39, 0.29) is 36.5 Å². The topological polar surface area (TPSA) is 33.5 Å². The quantitative estimate of drug-likeness (QED) is 0.644. The van der Waals surface area contributed by atoms with Crippen molar-refractivity contribution in [1.82, 2.24) is 4.90 Å². The molecule has 0 aliphatic carbocycles. The Kier molecular flexibility index (Phi) is 4.96. The number of benzene rings is 1. The summed E-state index contributed by atoms with van der Waals surface area (Å²) in [7, 11) is 0. The number of amides is 1. The number of carbonyl (C=O) groups is 1. The average Bonchev–Trinajstić information content (AvgIpc) is 3.10. The summed E-state index contributed by atoms with van der Waals surface area (Å²) >= 11 is 0. The van der Waals surface area contributed by atoms with Crippen molar-refractivity contribution in [3.63, 3.8) is 0 Å². The molecule has 0 saturated carbocycles. The lowest BCUT2D eigenvalue weighted by Gasteiger charge is -2.33. The van der Waals surface area contributed by atoms with Crippen LogP contribution < -0.4 is 0 Å². The number of piperidine rings is 1. The van der Waals surface area contributed by atoms with Gasteiger partial charge >= 0.3 is 12.4 Å². The van der Waals surface area contributed by atoms with E-state index in [2.05, 4.69) is 0 Å².